The van der Waals surface area contributed by atoms with Gasteiger partial charge in [-0.25, -0.2) is 0 Å². The second-order valence-corrected chi connectivity index (χ2v) is 11.7. The fourth-order valence-electron chi connectivity index (χ4n) is 3.59. The van der Waals surface area contributed by atoms with Gasteiger partial charge >= 0.3 is 0 Å². The van der Waals surface area contributed by atoms with Crippen molar-refractivity contribution < 1.29 is 13.9 Å². The second kappa shape index (κ2) is 7.91. The maximum absolute atomic E-state index is 6.70. The van der Waals surface area contributed by atoms with Crippen molar-refractivity contribution in [3.8, 4) is 0 Å². The van der Waals surface area contributed by atoms with Crippen molar-refractivity contribution in [3.63, 3.8) is 0 Å². The van der Waals surface area contributed by atoms with E-state index in [0.29, 0.717) is 5.92 Å². The van der Waals surface area contributed by atoms with Crippen molar-refractivity contribution in [2.45, 2.75) is 77.0 Å². The van der Waals surface area contributed by atoms with Gasteiger partial charge in [0.1, 0.15) is 0 Å². The van der Waals surface area contributed by atoms with Gasteiger partial charge in [0.2, 0.25) is 0 Å². The summed E-state index contributed by atoms with van der Waals surface area (Å²) in [5, 5.41) is 0. The van der Waals surface area contributed by atoms with Crippen molar-refractivity contribution in [3.05, 3.63) is 12.2 Å². The highest BCUT2D eigenvalue weighted by Gasteiger charge is 2.44. The summed E-state index contributed by atoms with van der Waals surface area (Å²) in [7, 11) is 1.80. The molecule has 4 heteroatoms. The monoisotopic (exact) mass is 314 g/mol. The molecule has 1 rings (SSSR count). The number of hydrogen-bond donors (Lipinski definition) is 0. The molecule has 0 N–H and O–H groups in total. The van der Waals surface area contributed by atoms with Crippen LogP contribution in [-0.2, 0) is 13.9 Å². The van der Waals surface area contributed by atoms with Crippen molar-refractivity contribution >= 4 is 8.32 Å². The molecule has 3 nitrogen and oxygen atoms in total. The summed E-state index contributed by atoms with van der Waals surface area (Å²) in [6, 6.07) is 0. The van der Waals surface area contributed by atoms with Gasteiger partial charge < -0.3 is 13.9 Å². The third kappa shape index (κ3) is 5.20. The fraction of sp³-hybridized carbons (Fsp3) is 0.882. The maximum atomic E-state index is 6.70. The highest BCUT2D eigenvalue weighted by Crippen LogP contribution is 2.45. The number of hydrogen-bond acceptors (Lipinski definition) is 3. The van der Waals surface area contributed by atoms with Crippen molar-refractivity contribution in [1.82, 2.24) is 0 Å². The Morgan fingerprint density at radius 2 is 1.86 bits per heavy atom. The van der Waals surface area contributed by atoms with Gasteiger partial charge in [-0.2, -0.15) is 0 Å². The largest absolute Gasteiger partial charge is 0.408 e. The van der Waals surface area contributed by atoms with E-state index in [1.807, 2.05) is 0 Å². The third-order valence-electron chi connectivity index (χ3n) is 4.50. The molecule has 0 unspecified atom stereocenters. The maximum Gasteiger partial charge on any atom is 0.184 e. The first kappa shape index (κ1) is 18.9. The Bertz CT molecular complexity index is 333. The lowest BCUT2D eigenvalue weighted by Gasteiger charge is -2.48. The Hall–Kier alpha value is -0.163. The van der Waals surface area contributed by atoms with Gasteiger partial charge in [0.25, 0.3) is 0 Å². The molecule has 21 heavy (non-hydrogen) atoms. The summed E-state index contributed by atoms with van der Waals surface area (Å²) in [4.78, 5) is 0. The summed E-state index contributed by atoms with van der Waals surface area (Å²) >= 11 is 0. The zero-order valence-electron chi connectivity index (χ0n) is 14.8. The molecule has 0 radical (unpaired) electrons. The predicted octanol–water partition coefficient (Wildman–Crippen LogP) is 4.74. The van der Waals surface area contributed by atoms with E-state index in [1.54, 1.807) is 14.2 Å². The van der Waals surface area contributed by atoms with Crippen LogP contribution in [-0.4, -0.2) is 34.4 Å². The third-order valence-corrected chi connectivity index (χ3v) is 5.47. The van der Waals surface area contributed by atoms with E-state index in [9.17, 15) is 0 Å². The van der Waals surface area contributed by atoms with Crippen LogP contribution < -0.4 is 0 Å². The topological polar surface area (TPSA) is 27.7 Å². The molecule has 1 saturated carbocycles. The molecular formula is C17H34O3Si. The lowest BCUT2D eigenvalue weighted by molar-refractivity contribution is -0.113. The van der Waals surface area contributed by atoms with Crippen LogP contribution in [0.3, 0.4) is 0 Å². The summed E-state index contributed by atoms with van der Waals surface area (Å²) < 4.78 is 17.4. The Morgan fingerprint density at radius 3 is 2.33 bits per heavy atom. The minimum Gasteiger partial charge on any atom is -0.408 e. The first-order chi connectivity index (χ1) is 9.75. The molecule has 1 aliphatic carbocycles. The molecule has 0 heterocycles. The van der Waals surface area contributed by atoms with Crippen LogP contribution in [0.25, 0.3) is 0 Å². The molecule has 1 aliphatic rings. The van der Waals surface area contributed by atoms with Gasteiger partial charge in [-0.1, -0.05) is 19.4 Å². The zero-order valence-corrected chi connectivity index (χ0v) is 15.8. The van der Waals surface area contributed by atoms with Gasteiger partial charge in [-0.15, -0.1) is 0 Å². The molecule has 0 aromatic rings. The minimum atomic E-state index is -1.62. The van der Waals surface area contributed by atoms with E-state index in [0.717, 1.165) is 19.3 Å². The standard InChI is InChI=1S/C17H34O3Si/c1-14(2)17(20-21(5,6)7)13-9-8-10-15(17)11-12-16(18-3)19-4/h15-16H,1,8-13H2,2-7H3/t15-,17+/m0/s1. The lowest BCUT2D eigenvalue weighted by Crippen LogP contribution is -2.50. The van der Waals surface area contributed by atoms with E-state index < -0.39 is 8.32 Å². The molecule has 1 fully saturated rings. The van der Waals surface area contributed by atoms with Crippen molar-refractivity contribution in [2.24, 2.45) is 5.92 Å². The molecule has 0 saturated heterocycles. The second-order valence-electron chi connectivity index (χ2n) is 7.31. The van der Waals surface area contributed by atoms with Crippen molar-refractivity contribution in [1.29, 1.82) is 0 Å². The molecule has 2 atom stereocenters. The molecule has 0 aromatic heterocycles. The SMILES string of the molecule is C=C(C)[C@]1(O[Si](C)(C)C)CCCC[C@H]1CCC(OC)OC. The summed E-state index contributed by atoms with van der Waals surface area (Å²) in [5.74, 6) is 0.531. The fourth-order valence-corrected chi connectivity index (χ4v) is 5.13. The number of ether oxygens (including phenoxy) is 2. The molecule has 0 aliphatic heterocycles. The first-order valence-corrected chi connectivity index (χ1v) is 11.6. The first-order valence-electron chi connectivity index (χ1n) is 8.17. The van der Waals surface area contributed by atoms with E-state index >= 15 is 0 Å². The number of rotatable bonds is 8. The van der Waals surface area contributed by atoms with E-state index in [4.69, 9.17) is 13.9 Å². The van der Waals surface area contributed by atoms with Crippen LogP contribution in [0.4, 0.5) is 0 Å². The lowest BCUT2D eigenvalue weighted by atomic mass is 9.70. The van der Waals surface area contributed by atoms with Crippen LogP contribution in [0.15, 0.2) is 12.2 Å². The molecule has 0 bridgehead atoms. The summed E-state index contributed by atoms with van der Waals surface area (Å²) in [6.07, 6.45) is 6.75. The number of methoxy groups -OCH3 is 2. The highest BCUT2D eigenvalue weighted by molar-refractivity contribution is 6.69. The molecular weight excluding hydrogens is 280 g/mol. The van der Waals surface area contributed by atoms with Gasteiger partial charge in [-0.05, 0) is 63.7 Å². The molecule has 0 amide bonds. The van der Waals surface area contributed by atoms with Crippen LogP contribution in [0.2, 0.25) is 19.6 Å². The van der Waals surface area contributed by atoms with Gasteiger partial charge in [0.15, 0.2) is 14.6 Å². The Labute approximate surface area is 132 Å². The zero-order chi connectivity index (χ0) is 16.1. The van der Waals surface area contributed by atoms with Crippen LogP contribution in [0.5, 0.6) is 0 Å². The predicted molar refractivity (Wildman–Crippen MR) is 91.0 cm³/mol. The Kier molecular flexibility index (Phi) is 7.11. The van der Waals surface area contributed by atoms with Gasteiger partial charge in [-0.3, -0.25) is 0 Å². The van der Waals surface area contributed by atoms with E-state index in [2.05, 4.69) is 33.1 Å². The Balaban J connectivity index is 2.87. The minimum absolute atomic E-state index is 0.110. The average molecular weight is 315 g/mol. The highest BCUT2D eigenvalue weighted by atomic mass is 28.4. The van der Waals surface area contributed by atoms with Crippen LogP contribution in [0, 0.1) is 5.92 Å². The molecule has 124 valence electrons. The van der Waals surface area contributed by atoms with Crippen LogP contribution >= 0.6 is 0 Å². The van der Waals surface area contributed by atoms with Gasteiger partial charge in [0.05, 0.1) is 5.60 Å². The van der Waals surface area contributed by atoms with Gasteiger partial charge in [0, 0.05) is 14.2 Å². The summed E-state index contributed by atoms with van der Waals surface area (Å²) in [6.45, 7) is 13.3. The van der Waals surface area contributed by atoms with E-state index in [1.165, 1.54) is 24.8 Å². The normalized spacial score (nSPS) is 27.1. The van der Waals surface area contributed by atoms with Crippen LogP contribution in [0.1, 0.15) is 45.4 Å². The molecule has 0 aromatic carbocycles. The quantitative estimate of drug-likeness (QED) is 0.368. The van der Waals surface area contributed by atoms with E-state index in [-0.39, 0.29) is 11.9 Å². The Morgan fingerprint density at radius 1 is 1.24 bits per heavy atom. The molecule has 0 spiro atoms. The smallest absolute Gasteiger partial charge is 0.184 e. The summed E-state index contributed by atoms with van der Waals surface area (Å²) in [5.41, 5.74) is 1.07. The van der Waals surface area contributed by atoms with Crippen molar-refractivity contribution in [2.75, 3.05) is 14.2 Å². The average Bonchev–Trinajstić information content (AvgIpc) is 2.39.